The highest BCUT2D eigenvalue weighted by Gasteiger charge is 2.61. The maximum absolute atomic E-state index is 2.87. The van der Waals surface area contributed by atoms with E-state index in [0.29, 0.717) is 0 Å². The summed E-state index contributed by atoms with van der Waals surface area (Å²) >= 11 is 0. The highest BCUT2D eigenvalue weighted by molar-refractivity contribution is 7.00. The van der Waals surface area contributed by atoms with Crippen molar-refractivity contribution in [3.63, 3.8) is 0 Å². The van der Waals surface area contributed by atoms with Crippen molar-refractivity contribution in [3.8, 4) is 11.1 Å². The van der Waals surface area contributed by atoms with Crippen molar-refractivity contribution in [2.45, 2.75) is 103 Å². The highest BCUT2D eigenvalue weighted by Crippen LogP contribution is 2.62. The summed E-state index contributed by atoms with van der Waals surface area (Å²) in [5, 5.41) is 0. The Morgan fingerprint density at radius 2 is 1.08 bits per heavy atom. The molecular formula is C58H58BN3. The minimum Gasteiger partial charge on any atom is -0.335 e. The fourth-order valence-corrected chi connectivity index (χ4v) is 11.7. The summed E-state index contributed by atoms with van der Waals surface area (Å²) in [4.78, 5) is 7.94. The average Bonchev–Trinajstić information content (AvgIpc) is 3.48. The molecule has 4 aliphatic rings. The Morgan fingerprint density at radius 1 is 0.516 bits per heavy atom. The second kappa shape index (κ2) is 13.8. The topological polar surface area (TPSA) is 9.72 Å². The third-order valence-corrected chi connectivity index (χ3v) is 15.3. The van der Waals surface area contributed by atoms with E-state index in [1.807, 2.05) is 0 Å². The van der Waals surface area contributed by atoms with Gasteiger partial charge in [0.15, 0.2) is 0 Å². The summed E-state index contributed by atoms with van der Waals surface area (Å²) < 4.78 is 0. The van der Waals surface area contributed by atoms with Crippen LogP contribution in [0.5, 0.6) is 0 Å². The van der Waals surface area contributed by atoms with Gasteiger partial charge in [-0.3, -0.25) is 0 Å². The molecule has 3 nitrogen and oxygen atoms in total. The molecule has 0 saturated heterocycles. The van der Waals surface area contributed by atoms with E-state index < -0.39 is 0 Å². The van der Waals surface area contributed by atoms with E-state index in [1.165, 1.54) is 97.6 Å². The molecule has 1 aliphatic carbocycles. The Morgan fingerprint density at radius 3 is 1.71 bits per heavy atom. The quantitative estimate of drug-likeness (QED) is 0.160. The molecule has 0 N–H and O–H groups in total. The predicted molar refractivity (Wildman–Crippen MR) is 266 cm³/mol. The van der Waals surface area contributed by atoms with Gasteiger partial charge in [-0.1, -0.05) is 158 Å². The minimum atomic E-state index is -0.114. The second-order valence-corrected chi connectivity index (χ2v) is 21.0. The van der Waals surface area contributed by atoms with Crippen LogP contribution in [0.25, 0.3) is 11.1 Å². The van der Waals surface area contributed by atoms with Crippen LogP contribution in [0, 0.1) is 0 Å². The van der Waals surface area contributed by atoms with Crippen molar-refractivity contribution >= 4 is 68.6 Å². The lowest BCUT2D eigenvalue weighted by molar-refractivity contribution is 0.195. The molecule has 3 aliphatic heterocycles. The Bertz CT molecular complexity index is 2790. The van der Waals surface area contributed by atoms with E-state index in [0.717, 1.165) is 17.8 Å². The summed E-state index contributed by atoms with van der Waals surface area (Å²) in [5.41, 5.74) is 20.9. The number of fused-ring (bicyclic) bond motifs is 7. The molecule has 308 valence electrons. The average molecular weight is 808 g/mol. The lowest BCUT2D eigenvalue weighted by Gasteiger charge is -2.53. The van der Waals surface area contributed by atoms with Crippen LogP contribution < -0.4 is 31.1 Å². The SMILES string of the molecule is CC(C)(C)c1ccc(N(c2ccc(C(C)(C)C)cc2)c2cc3c4c(c2)N2c5c(cc(-c6ccccc6)cc5C5(C)CCCCC25C)B4c2ccccc2N3c2ccccc2)cc1. The Kier molecular flexibility index (Phi) is 8.63. The molecule has 2 unspecified atom stereocenters. The van der Waals surface area contributed by atoms with Crippen molar-refractivity contribution in [2.75, 3.05) is 14.7 Å². The summed E-state index contributed by atoms with van der Waals surface area (Å²) in [6, 6.07) is 60.3. The monoisotopic (exact) mass is 807 g/mol. The maximum Gasteiger partial charge on any atom is 0.252 e. The summed E-state index contributed by atoms with van der Waals surface area (Å²) in [5.74, 6) is 0. The van der Waals surface area contributed by atoms with Crippen molar-refractivity contribution in [1.82, 2.24) is 0 Å². The van der Waals surface area contributed by atoms with Gasteiger partial charge in [0.2, 0.25) is 0 Å². The standard InChI is InChI=1S/C58H58BN3/c1-55(2,3)41-25-29-44(30-26-41)60(45-31-27-42(28-32-45)56(4,5)6)46-37-51-53-52(38-46)62-54-47(57(7)33-17-18-34-58(57,62)8)35-40(39-19-11-9-12-20-39)36-49(54)59(53)48-23-15-16-24-50(48)61(51)43-21-13-10-14-22-43/h9-16,19-32,35-38H,17-18,33-34H2,1-8H3. The molecule has 3 heterocycles. The van der Waals surface area contributed by atoms with Gasteiger partial charge in [0, 0.05) is 45.2 Å². The van der Waals surface area contributed by atoms with E-state index in [1.54, 1.807) is 0 Å². The number of rotatable bonds is 5. The number of benzene rings is 7. The number of para-hydroxylation sites is 2. The third-order valence-electron chi connectivity index (χ3n) is 15.3. The predicted octanol–water partition coefficient (Wildman–Crippen LogP) is 13.8. The van der Waals surface area contributed by atoms with Crippen LogP contribution in [0.15, 0.2) is 158 Å². The van der Waals surface area contributed by atoms with Crippen LogP contribution in [0.4, 0.5) is 45.5 Å². The first-order valence-corrected chi connectivity index (χ1v) is 22.9. The molecule has 7 aromatic rings. The zero-order chi connectivity index (χ0) is 42.8. The van der Waals surface area contributed by atoms with E-state index in [9.17, 15) is 0 Å². The molecule has 0 spiro atoms. The number of hydrogen-bond donors (Lipinski definition) is 0. The highest BCUT2D eigenvalue weighted by atomic mass is 15.3. The van der Waals surface area contributed by atoms with Gasteiger partial charge < -0.3 is 14.7 Å². The van der Waals surface area contributed by atoms with Gasteiger partial charge in [0.1, 0.15) is 0 Å². The molecule has 11 rings (SSSR count). The summed E-state index contributed by atoms with van der Waals surface area (Å²) in [6.07, 6.45) is 4.80. The van der Waals surface area contributed by atoms with Gasteiger partial charge in [-0.25, -0.2) is 0 Å². The fourth-order valence-electron chi connectivity index (χ4n) is 11.7. The minimum absolute atomic E-state index is 0.0274. The lowest BCUT2D eigenvalue weighted by atomic mass is 9.33. The summed E-state index contributed by atoms with van der Waals surface area (Å²) in [6.45, 7) is 19.1. The Balaban J connectivity index is 1.24. The van der Waals surface area contributed by atoms with Gasteiger partial charge in [-0.15, -0.1) is 0 Å². The third kappa shape index (κ3) is 5.71. The van der Waals surface area contributed by atoms with Crippen molar-refractivity contribution in [1.29, 1.82) is 0 Å². The first-order chi connectivity index (χ1) is 29.8. The lowest BCUT2D eigenvalue weighted by Crippen LogP contribution is -2.64. The Hall–Kier alpha value is -6.00. The van der Waals surface area contributed by atoms with Crippen LogP contribution in [0.1, 0.15) is 97.8 Å². The number of nitrogens with zero attached hydrogens (tertiary/aromatic N) is 3. The van der Waals surface area contributed by atoms with Gasteiger partial charge >= 0.3 is 0 Å². The molecule has 0 aromatic heterocycles. The van der Waals surface area contributed by atoms with Crippen LogP contribution in [0.3, 0.4) is 0 Å². The summed E-state index contributed by atoms with van der Waals surface area (Å²) in [7, 11) is 0. The van der Waals surface area contributed by atoms with Crippen LogP contribution in [0.2, 0.25) is 0 Å². The maximum atomic E-state index is 2.87. The molecule has 0 bridgehead atoms. The molecule has 1 fully saturated rings. The van der Waals surface area contributed by atoms with Crippen LogP contribution >= 0.6 is 0 Å². The van der Waals surface area contributed by atoms with Crippen molar-refractivity contribution in [3.05, 3.63) is 174 Å². The van der Waals surface area contributed by atoms with Gasteiger partial charge in [-0.05, 0) is 135 Å². The van der Waals surface area contributed by atoms with Gasteiger partial charge in [0.05, 0.1) is 11.2 Å². The largest absolute Gasteiger partial charge is 0.335 e. The van der Waals surface area contributed by atoms with Crippen LogP contribution in [-0.2, 0) is 16.2 Å². The van der Waals surface area contributed by atoms with Crippen molar-refractivity contribution in [2.24, 2.45) is 0 Å². The first kappa shape index (κ1) is 38.9. The second-order valence-electron chi connectivity index (χ2n) is 21.0. The smallest absolute Gasteiger partial charge is 0.252 e. The van der Waals surface area contributed by atoms with E-state index in [-0.39, 0.29) is 28.5 Å². The fraction of sp³-hybridized carbons (Fsp3) is 0.276. The normalized spacial score (nSPS) is 19.7. The molecule has 7 aromatic carbocycles. The van der Waals surface area contributed by atoms with E-state index in [4.69, 9.17) is 0 Å². The molecule has 0 amide bonds. The van der Waals surface area contributed by atoms with Crippen LogP contribution in [-0.4, -0.2) is 12.3 Å². The zero-order valence-corrected chi connectivity index (χ0v) is 37.8. The molecule has 62 heavy (non-hydrogen) atoms. The number of anilines is 8. The molecular weight excluding hydrogens is 749 g/mol. The van der Waals surface area contributed by atoms with Crippen molar-refractivity contribution < 1.29 is 0 Å². The molecule has 0 radical (unpaired) electrons. The van der Waals surface area contributed by atoms with Gasteiger partial charge in [0.25, 0.3) is 6.71 Å². The van der Waals surface area contributed by atoms with Gasteiger partial charge in [-0.2, -0.15) is 0 Å². The Labute approximate surface area is 370 Å². The molecule has 4 heteroatoms. The van der Waals surface area contributed by atoms with E-state index >= 15 is 0 Å². The molecule has 1 saturated carbocycles. The number of hydrogen-bond acceptors (Lipinski definition) is 3. The zero-order valence-electron chi connectivity index (χ0n) is 37.8. The molecule has 2 atom stereocenters. The first-order valence-electron chi connectivity index (χ1n) is 22.9. The van der Waals surface area contributed by atoms with E-state index in [2.05, 4.69) is 228 Å².